The van der Waals surface area contributed by atoms with E-state index >= 15 is 0 Å². The molecule has 1 aromatic rings. The number of ether oxygens (including phenoxy) is 2. The number of carboxylic acid groups (broad SMARTS) is 1. The van der Waals surface area contributed by atoms with E-state index in [0.29, 0.717) is 5.56 Å². The number of nitrogens with one attached hydrogen (secondary N) is 5. The maximum atomic E-state index is 14.1. The van der Waals surface area contributed by atoms with Crippen molar-refractivity contribution < 1.29 is 62.5 Å². The number of rotatable bonds is 17. The van der Waals surface area contributed by atoms with Gasteiger partial charge in [-0.15, -0.1) is 0 Å². The first kappa shape index (κ1) is 50.3. The van der Waals surface area contributed by atoms with Gasteiger partial charge in [-0.1, -0.05) is 71.9 Å². The summed E-state index contributed by atoms with van der Waals surface area (Å²) in [5.74, 6) is -13.6. The summed E-state index contributed by atoms with van der Waals surface area (Å²) in [7, 11) is 0. The molecule has 0 radical (unpaired) electrons. The van der Waals surface area contributed by atoms with E-state index in [1.807, 2.05) is 0 Å². The van der Waals surface area contributed by atoms with Crippen LogP contribution in [0.25, 0.3) is 0 Å². The largest absolute Gasteiger partial charge is 0.481 e. The summed E-state index contributed by atoms with van der Waals surface area (Å²) < 4.78 is 10.9. The number of benzene rings is 1. The van der Waals surface area contributed by atoms with Crippen LogP contribution < -0.4 is 32.3 Å². The zero-order chi connectivity index (χ0) is 45.3. The van der Waals surface area contributed by atoms with Crippen molar-refractivity contribution in [1.82, 2.24) is 26.6 Å². The predicted molar refractivity (Wildman–Crippen MR) is 214 cm³/mol. The molecule has 19 heteroatoms. The Balaban J connectivity index is 2.62. The molecule has 0 aromatic heterocycles. The number of ketones is 1. The minimum Gasteiger partial charge on any atom is -0.481 e. The number of nitrogens with two attached hydrogens (primary N) is 1. The highest BCUT2D eigenvalue weighted by Crippen LogP contribution is 2.18. The van der Waals surface area contributed by atoms with Gasteiger partial charge in [-0.05, 0) is 43.1 Å². The Morgan fingerprint density at radius 1 is 0.900 bits per heavy atom. The van der Waals surface area contributed by atoms with E-state index < -0.39 is 139 Å². The van der Waals surface area contributed by atoms with Crippen LogP contribution in [0.1, 0.15) is 92.6 Å². The van der Waals surface area contributed by atoms with Gasteiger partial charge in [-0.25, -0.2) is 0 Å². The number of aliphatic carboxylic acids is 1. The minimum atomic E-state index is -1.83. The summed E-state index contributed by atoms with van der Waals surface area (Å²) in [5, 5.41) is 21.5. The lowest BCUT2D eigenvalue weighted by Gasteiger charge is -2.27. The van der Waals surface area contributed by atoms with Crippen LogP contribution in [0, 0.1) is 29.6 Å². The van der Waals surface area contributed by atoms with Gasteiger partial charge in [0.1, 0.15) is 30.8 Å². The van der Waals surface area contributed by atoms with E-state index in [1.165, 1.54) is 6.92 Å². The van der Waals surface area contributed by atoms with Gasteiger partial charge in [0, 0.05) is 19.4 Å². The third-order valence-corrected chi connectivity index (χ3v) is 9.50. The Kier molecular flexibility index (Phi) is 20.3. The van der Waals surface area contributed by atoms with Crippen molar-refractivity contribution in [3.8, 4) is 0 Å². The van der Waals surface area contributed by atoms with Gasteiger partial charge in [0.2, 0.25) is 35.4 Å². The van der Waals surface area contributed by atoms with Gasteiger partial charge in [-0.3, -0.25) is 47.9 Å². The van der Waals surface area contributed by atoms with E-state index in [9.17, 15) is 47.9 Å². The van der Waals surface area contributed by atoms with Gasteiger partial charge in [0.05, 0.1) is 24.8 Å². The van der Waals surface area contributed by atoms with Crippen molar-refractivity contribution in [1.29, 1.82) is 0 Å². The van der Waals surface area contributed by atoms with E-state index in [1.54, 1.807) is 71.9 Å². The number of hydrogen-bond donors (Lipinski definition) is 7. The third-order valence-electron chi connectivity index (χ3n) is 9.50. The first-order valence-corrected chi connectivity index (χ1v) is 20.0. The first-order chi connectivity index (χ1) is 28.1. The number of primary amides is 1. The van der Waals surface area contributed by atoms with Crippen LogP contribution in [0.15, 0.2) is 30.3 Å². The van der Waals surface area contributed by atoms with Gasteiger partial charge >= 0.3 is 17.9 Å². The number of carboxylic acids is 1. The smallest absolute Gasteiger partial charge is 0.322 e. The zero-order valence-corrected chi connectivity index (χ0v) is 35.2. The summed E-state index contributed by atoms with van der Waals surface area (Å²) in [6.45, 7) is 10.7. The molecule has 6 amide bonds. The molecule has 60 heavy (non-hydrogen) atoms. The number of carbonyl (C=O) groups is 10. The maximum absolute atomic E-state index is 14.1. The van der Waals surface area contributed by atoms with Crippen LogP contribution in [0.3, 0.4) is 0 Å². The maximum Gasteiger partial charge on any atom is 0.322 e. The number of esters is 2. The standard InChI is InChI=1S/C41H60N6O13/c1-21(2)15-27-30(48)17-26(37(54)45-28(36(42)53)16-22(3)4)19-43-39(56)34(41(58)59-20-25-11-9-8-10-12-25)24(7)60-33(52)18-29(38(55)44-27)46-40(57)35(23(5)6)47-31(49)13-14-32(50)51/h8-12,21-24,26-29,34-35H,13-20H2,1-7H3,(H2,42,53)(H,43,56)(H,44,55)(H,45,54)(H,46,57)(H,47,49)(H,50,51)/t24-,26?,27?,28+,29?,34+,35+/m1/s1. The molecule has 1 aromatic carbocycles. The fourth-order valence-electron chi connectivity index (χ4n) is 6.29. The number of hydrogen-bond acceptors (Lipinski definition) is 12. The van der Waals surface area contributed by atoms with Crippen LogP contribution in [-0.4, -0.2) is 101 Å². The second kappa shape index (κ2) is 24.3. The predicted octanol–water partition coefficient (Wildman–Crippen LogP) is 0.411. The molecule has 1 fully saturated rings. The molecular weight excluding hydrogens is 784 g/mol. The van der Waals surface area contributed by atoms with Crippen molar-refractivity contribution in [2.45, 2.75) is 124 Å². The average Bonchev–Trinajstić information content (AvgIpc) is 3.15. The molecule has 1 saturated heterocycles. The topological polar surface area (TPSA) is 296 Å². The van der Waals surface area contributed by atoms with Crippen molar-refractivity contribution in [2.75, 3.05) is 6.54 Å². The summed E-state index contributed by atoms with van der Waals surface area (Å²) in [5.41, 5.74) is 6.14. The van der Waals surface area contributed by atoms with Gasteiger partial charge in [-0.2, -0.15) is 0 Å². The SMILES string of the molecule is CC(C)CC1NC(=O)C(NC(=O)[C@@H](NC(=O)CCC(=O)O)C(C)C)CC(=O)O[C@H](C)[C@H](C(=O)OCc2ccccc2)C(=O)NCC(C(=O)N[C@@H](CC(C)C)C(N)=O)CC1=O. The molecule has 0 aliphatic carbocycles. The van der Waals surface area contributed by atoms with Crippen molar-refractivity contribution in [3.63, 3.8) is 0 Å². The molecule has 0 bridgehead atoms. The third kappa shape index (κ3) is 17.1. The second-order valence-electron chi connectivity index (χ2n) is 16.1. The molecule has 1 heterocycles. The van der Waals surface area contributed by atoms with E-state index in [4.69, 9.17) is 20.3 Å². The van der Waals surface area contributed by atoms with Crippen LogP contribution in [-0.2, 0) is 64.0 Å². The van der Waals surface area contributed by atoms with Crippen molar-refractivity contribution >= 4 is 59.1 Å². The van der Waals surface area contributed by atoms with Crippen molar-refractivity contribution in [3.05, 3.63) is 35.9 Å². The Hall–Kier alpha value is -5.88. The van der Waals surface area contributed by atoms with E-state index in [-0.39, 0.29) is 31.3 Å². The normalized spacial score (nSPS) is 21.6. The highest BCUT2D eigenvalue weighted by Gasteiger charge is 2.40. The molecule has 332 valence electrons. The molecule has 2 rings (SSSR count). The Labute approximate surface area is 349 Å². The first-order valence-electron chi connectivity index (χ1n) is 20.0. The average molecular weight is 845 g/mol. The summed E-state index contributed by atoms with van der Waals surface area (Å²) in [6.07, 6.45) is -3.76. The minimum absolute atomic E-state index is 0.0360. The molecule has 7 atom stereocenters. The Morgan fingerprint density at radius 2 is 1.55 bits per heavy atom. The van der Waals surface area contributed by atoms with Crippen LogP contribution in [0.2, 0.25) is 0 Å². The fourth-order valence-corrected chi connectivity index (χ4v) is 6.29. The Bertz CT molecular complexity index is 1720. The van der Waals surface area contributed by atoms with Crippen LogP contribution in [0.5, 0.6) is 0 Å². The van der Waals surface area contributed by atoms with Gasteiger partial charge in [0.25, 0.3) is 0 Å². The highest BCUT2D eigenvalue weighted by molar-refractivity contribution is 6.00. The molecule has 19 nitrogen and oxygen atoms in total. The van der Waals surface area contributed by atoms with Crippen LogP contribution in [0.4, 0.5) is 0 Å². The van der Waals surface area contributed by atoms with Crippen LogP contribution >= 0.6 is 0 Å². The number of Topliss-reactive ketones (excluding diaryl/α,β-unsaturated/α-hetero) is 1. The molecule has 8 N–H and O–H groups in total. The summed E-state index contributed by atoms with van der Waals surface area (Å²) in [4.78, 5) is 132. The zero-order valence-electron chi connectivity index (χ0n) is 35.2. The summed E-state index contributed by atoms with van der Waals surface area (Å²) in [6, 6.07) is 3.02. The Morgan fingerprint density at radius 3 is 2.12 bits per heavy atom. The molecule has 3 unspecified atom stereocenters. The number of cyclic esters (lactones) is 1. The lowest BCUT2D eigenvalue weighted by Crippen LogP contribution is -2.57. The molecule has 0 saturated carbocycles. The lowest BCUT2D eigenvalue weighted by atomic mass is 9.91. The molecule has 1 aliphatic heterocycles. The molecule has 1 aliphatic rings. The van der Waals surface area contributed by atoms with E-state index in [2.05, 4.69) is 26.6 Å². The quantitative estimate of drug-likeness (QED) is 0.0827. The number of carbonyl (C=O) groups excluding carboxylic acids is 9. The lowest BCUT2D eigenvalue weighted by molar-refractivity contribution is -0.165. The highest BCUT2D eigenvalue weighted by atomic mass is 16.6. The van der Waals surface area contributed by atoms with E-state index in [0.717, 1.165) is 0 Å². The molecular formula is C41H60N6O13. The second-order valence-corrected chi connectivity index (χ2v) is 16.1. The number of amides is 6. The van der Waals surface area contributed by atoms with Crippen molar-refractivity contribution in [2.24, 2.45) is 35.3 Å². The van der Waals surface area contributed by atoms with Gasteiger partial charge < -0.3 is 46.9 Å². The fraction of sp³-hybridized carbons (Fsp3) is 0.610. The molecule has 0 spiro atoms. The summed E-state index contributed by atoms with van der Waals surface area (Å²) >= 11 is 0. The van der Waals surface area contributed by atoms with Gasteiger partial charge in [0.15, 0.2) is 11.7 Å². The monoisotopic (exact) mass is 844 g/mol.